The fourth-order valence-electron chi connectivity index (χ4n) is 2.54. The largest absolute Gasteiger partial charge is 0.395 e. The van der Waals surface area contributed by atoms with E-state index in [0.29, 0.717) is 18.7 Å². The first-order chi connectivity index (χ1) is 10.6. The van der Waals surface area contributed by atoms with Crippen LogP contribution in [0.25, 0.3) is 0 Å². The molecule has 0 aliphatic carbocycles. The summed E-state index contributed by atoms with van der Waals surface area (Å²) in [6.07, 6.45) is 1.57. The number of carbonyl (C=O) groups excluding carboxylic acids is 3. The van der Waals surface area contributed by atoms with E-state index in [4.69, 9.17) is 5.11 Å². The molecule has 0 radical (unpaired) electrons. The van der Waals surface area contributed by atoms with Gasteiger partial charge < -0.3 is 15.7 Å². The van der Waals surface area contributed by atoms with E-state index in [-0.39, 0.29) is 24.8 Å². The highest BCUT2D eigenvalue weighted by Gasteiger charge is 2.30. The van der Waals surface area contributed by atoms with Crippen molar-refractivity contribution in [2.75, 3.05) is 18.5 Å². The highest BCUT2D eigenvalue weighted by atomic mass is 16.3. The van der Waals surface area contributed by atoms with Crippen molar-refractivity contribution in [3.8, 4) is 0 Å². The average Bonchev–Trinajstić information content (AvgIpc) is 2.75. The lowest BCUT2D eigenvalue weighted by molar-refractivity contribution is -0.137. The molecule has 0 fully saturated rings. The van der Waals surface area contributed by atoms with Crippen molar-refractivity contribution in [2.24, 2.45) is 0 Å². The highest BCUT2D eigenvalue weighted by molar-refractivity contribution is 6.17. The minimum atomic E-state index is -0.454. The third-order valence-electron chi connectivity index (χ3n) is 3.65. The van der Waals surface area contributed by atoms with Crippen LogP contribution in [0.15, 0.2) is 30.0 Å². The smallest absolute Gasteiger partial charge is 0.277 e. The van der Waals surface area contributed by atoms with E-state index in [1.807, 2.05) is 12.1 Å². The number of nitrogens with zero attached hydrogens (tertiary/aromatic N) is 1. The zero-order valence-corrected chi connectivity index (χ0v) is 11.8. The lowest BCUT2D eigenvalue weighted by atomic mass is 10.00. The van der Waals surface area contributed by atoms with Gasteiger partial charge >= 0.3 is 0 Å². The number of hydrogen-bond donors (Lipinski definition) is 3. The molecule has 0 atom stereocenters. The number of fused-ring (bicyclic) bond motifs is 1. The topological polar surface area (TPSA) is 98.7 Å². The number of aliphatic hydroxyl groups is 1. The summed E-state index contributed by atoms with van der Waals surface area (Å²) in [5.41, 5.74) is 2.79. The Labute approximate surface area is 126 Å². The Hall–Kier alpha value is -2.67. The summed E-state index contributed by atoms with van der Waals surface area (Å²) in [7, 11) is 0. The van der Waals surface area contributed by atoms with Gasteiger partial charge in [0.05, 0.1) is 19.6 Å². The number of imide groups is 1. The Kier molecular flexibility index (Phi) is 3.64. The number of β-amino-alcohol motifs (C(OH)–C–C–N with tert-alkyl or cyclic N) is 1. The summed E-state index contributed by atoms with van der Waals surface area (Å²) in [4.78, 5) is 36.0. The van der Waals surface area contributed by atoms with Crippen molar-refractivity contribution in [2.45, 2.75) is 13.0 Å². The monoisotopic (exact) mass is 301 g/mol. The number of rotatable bonds is 4. The van der Waals surface area contributed by atoms with Crippen molar-refractivity contribution in [1.29, 1.82) is 0 Å². The predicted molar refractivity (Wildman–Crippen MR) is 77.5 cm³/mol. The number of amides is 3. The lowest BCUT2D eigenvalue weighted by Gasteiger charge is -2.18. The highest BCUT2D eigenvalue weighted by Crippen LogP contribution is 2.22. The van der Waals surface area contributed by atoms with Crippen LogP contribution in [0.4, 0.5) is 5.69 Å². The predicted octanol–water partition coefficient (Wildman–Crippen LogP) is -0.484. The van der Waals surface area contributed by atoms with E-state index in [1.54, 1.807) is 6.07 Å². The fourth-order valence-corrected chi connectivity index (χ4v) is 2.54. The van der Waals surface area contributed by atoms with Crippen LogP contribution in [0.1, 0.15) is 11.1 Å². The number of nitrogens with one attached hydrogen (secondary N) is 2. The van der Waals surface area contributed by atoms with Crippen LogP contribution in [0.5, 0.6) is 0 Å². The zero-order chi connectivity index (χ0) is 15.7. The van der Waals surface area contributed by atoms with Gasteiger partial charge in [-0.25, -0.2) is 0 Å². The first-order valence-electron chi connectivity index (χ1n) is 6.92. The summed E-state index contributed by atoms with van der Waals surface area (Å²) < 4.78 is 0. The van der Waals surface area contributed by atoms with Crippen LogP contribution in [-0.2, 0) is 27.3 Å². The Morgan fingerprint density at radius 2 is 2.05 bits per heavy atom. The first kappa shape index (κ1) is 14.3. The summed E-state index contributed by atoms with van der Waals surface area (Å²) in [5, 5.41) is 14.6. The molecule has 7 heteroatoms. The van der Waals surface area contributed by atoms with Crippen molar-refractivity contribution in [1.82, 2.24) is 10.2 Å². The molecule has 0 bridgehead atoms. The van der Waals surface area contributed by atoms with Crippen LogP contribution >= 0.6 is 0 Å². The van der Waals surface area contributed by atoms with Gasteiger partial charge in [-0.15, -0.1) is 0 Å². The molecule has 2 aliphatic heterocycles. The summed E-state index contributed by atoms with van der Waals surface area (Å²) >= 11 is 0. The maximum absolute atomic E-state index is 12.0. The number of aliphatic hydroxyl groups excluding tert-OH is 1. The third-order valence-corrected chi connectivity index (χ3v) is 3.65. The Morgan fingerprint density at radius 3 is 2.82 bits per heavy atom. The second kappa shape index (κ2) is 5.61. The Morgan fingerprint density at radius 1 is 1.23 bits per heavy atom. The van der Waals surface area contributed by atoms with Crippen LogP contribution in [0.2, 0.25) is 0 Å². The summed E-state index contributed by atoms with van der Waals surface area (Å²) in [6, 6.07) is 5.45. The molecule has 0 unspecified atom stereocenters. The van der Waals surface area contributed by atoms with Crippen molar-refractivity contribution < 1.29 is 19.5 Å². The molecule has 0 saturated carbocycles. The van der Waals surface area contributed by atoms with E-state index in [1.165, 1.54) is 6.08 Å². The summed E-state index contributed by atoms with van der Waals surface area (Å²) in [6.45, 7) is 0.166. The molecular weight excluding hydrogens is 286 g/mol. The molecule has 2 heterocycles. The standard InChI is InChI=1S/C15H15N3O4/c19-4-3-18-14(21)7-12(15(18)22)17-11-2-1-9-6-13(20)16-8-10(9)5-11/h1-2,5,7,17,19H,3-4,6,8H2,(H,16,20). The molecule has 2 aliphatic rings. The number of benzene rings is 1. The molecule has 0 aromatic heterocycles. The van der Waals surface area contributed by atoms with Crippen LogP contribution in [0.3, 0.4) is 0 Å². The molecule has 7 nitrogen and oxygen atoms in total. The molecule has 3 amide bonds. The third kappa shape index (κ3) is 2.58. The molecule has 3 rings (SSSR count). The SMILES string of the molecule is O=C1Cc2ccc(NC3=CC(=O)N(CCO)C3=O)cc2CN1. The van der Waals surface area contributed by atoms with Gasteiger partial charge in [0.1, 0.15) is 5.70 Å². The molecule has 1 aromatic rings. The van der Waals surface area contributed by atoms with Crippen LogP contribution in [0, 0.1) is 0 Å². The maximum Gasteiger partial charge on any atom is 0.277 e. The van der Waals surface area contributed by atoms with Crippen molar-refractivity contribution in [3.63, 3.8) is 0 Å². The Balaban J connectivity index is 1.77. The molecule has 0 spiro atoms. The second-order valence-corrected chi connectivity index (χ2v) is 5.14. The van der Waals surface area contributed by atoms with Gasteiger partial charge in [0.15, 0.2) is 0 Å². The van der Waals surface area contributed by atoms with E-state index in [2.05, 4.69) is 10.6 Å². The van der Waals surface area contributed by atoms with E-state index >= 15 is 0 Å². The van der Waals surface area contributed by atoms with Crippen molar-refractivity contribution >= 4 is 23.4 Å². The molecular formula is C15H15N3O4. The normalized spacial score (nSPS) is 17.2. The van der Waals surface area contributed by atoms with Gasteiger partial charge in [-0.2, -0.15) is 0 Å². The van der Waals surface area contributed by atoms with E-state index in [9.17, 15) is 14.4 Å². The van der Waals surface area contributed by atoms with Gasteiger partial charge in [0.25, 0.3) is 11.8 Å². The summed E-state index contributed by atoms with van der Waals surface area (Å²) in [5.74, 6) is -0.899. The minimum absolute atomic E-state index is 0.00729. The van der Waals surface area contributed by atoms with Crippen LogP contribution < -0.4 is 10.6 Å². The van der Waals surface area contributed by atoms with E-state index in [0.717, 1.165) is 16.0 Å². The van der Waals surface area contributed by atoms with Gasteiger partial charge in [0.2, 0.25) is 5.91 Å². The quantitative estimate of drug-likeness (QED) is 0.652. The number of hydrogen-bond acceptors (Lipinski definition) is 5. The van der Waals surface area contributed by atoms with Gasteiger partial charge in [-0.05, 0) is 23.3 Å². The number of anilines is 1. The maximum atomic E-state index is 12.0. The number of carbonyl (C=O) groups is 3. The minimum Gasteiger partial charge on any atom is -0.395 e. The fraction of sp³-hybridized carbons (Fsp3) is 0.267. The zero-order valence-electron chi connectivity index (χ0n) is 11.8. The average molecular weight is 301 g/mol. The van der Waals surface area contributed by atoms with Gasteiger partial charge in [0, 0.05) is 18.3 Å². The molecule has 1 aromatic carbocycles. The Bertz CT molecular complexity index is 696. The van der Waals surface area contributed by atoms with Gasteiger partial charge in [-0.1, -0.05) is 6.07 Å². The molecule has 3 N–H and O–H groups in total. The van der Waals surface area contributed by atoms with Crippen LogP contribution in [-0.4, -0.2) is 40.9 Å². The lowest BCUT2D eigenvalue weighted by Crippen LogP contribution is -2.34. The van der Waals surface area contributed by atoms with E-state index < -0.39 is 11.8 Å². The first-order valence-corrected chi connectivity index (χ1v) is 6.92. The molecule has 0 saturated heterocycles. The molecule has 114 valence electrons. The molecule has 22 heavy (non-hydrogen) atoms. The van der Waals surface area contributed by atoms with Gasteiger partial charge in [-0.3, -0.25) is 19.3 Å². The van der Waals surface area contributed by atoms with Crippen molar-refractivity contribution in [3.05, 3.63) is 41.1 Å². The second-order valence-electron chi connectivity index (χ2n) is 5.14.